The number of rotatable bonds is 3. The number of halogens is 1. The average Bonchev–Trinajstić information content (AvgIpc) is 2.77. The van der Waals surface area contributed by atoms with Gasteiger partial charge in [0.1, 0.15) is 5.15 Å². The van der Waals surface area contributed by atoms with Crippen LogP contribution in [0.4, 0.5) is 0 Å². The zero-order chi connectivity index (χ0) is 20.7. The molecule has 0 saturated heterocycles. The molecule has 0 unspecified atom stereocenters. The molecule has 0 amide bonds. The smallest absolute Gasteiger partial charge is 0.261 e. The fourth-order valence-corrected chi connectivity index (χ4v) is 4.52. The SMILES string of the molecule is O=C1CCCC[C@@H]1n1cnc2c(cc(Cc3ccc(Cl)nc3)c3ccccc32)c1=O. The van der Waals surface area contributed by atoms with Crippen LogP contribution in [0.3, 0.4) is 0 Å². The van der Waals surface area contributed by atoms with E-state index in [4.69, 9.17) is 11.6 Å². The number of ketones is 1. The van der Waals surface area contributed by atoms with Gasteiger partial charge in [0.2, 0.25) is 0 Å². The Morgan fingerprint density at radius 3 is 2.60 bits per heavy atom. The Morgan fingerprint density at radius 2 is 1.83 bits per heavy atom. The van der Waals surface area contributed by atoms with Crippen molar-refractivity contribution >= 4 is 39.1 Å². The van der Waals surface area contributed by atoms with Crippen LogP contribution >= 0.6 is 11.6 Å². The largest absolute Gasteiger partial charge is 0.297 e. The predicted molar refractivity (Wildman–Crippen MR) is 118 cm³/mol. The van der Waals surface area contributed by atoms with Crippen LogP contribution < -0.4 is 5.56 Å². The highest BCUT2D eigenvalue weighted by Crippen LogP contribution is 2.29. The fraction of sp³-hybridized carbons (Fsp3) is 0.250. The minimum absolute atomic E-state index is 0.123. The van der Waals surface area contributed by atoms with Gasteiger partial charge in [-0.05, 0) is 47.9 Å². The van der Waals surface area contributed by atoms with Crippen molar-refractivity contribution in [3.05, 3.63) is 81.6 Å². The van der Waals surface area contributed by atoms with Crippen molar-refractivity contribution in [3.63, 3.8) is 0 Å². The van der Waals surface area contributed by atoms with Crippen LogP contribution in [-0.2, 0) is 11.2 Å². The summed E-state index contributed by atoms with van der Waals surface area (Å²) in [6.45, 7) is 0. The Labute approximate surface area is 178 Å². The Bertz CT molecular complexity index is 1330. The number of benzene rings is 2. The lowest BCUT2D eigenvalue weighted by Gasteiger charge is -2.22. The molecule has 5 rings (SSSR count). The zero-order valence-corrected chi connectivity index (χ0v) is 17.1. The monoisotopic (exact) mass is 417 g/mol. The van der Waals surface area contributed by atoms with Crippen molar-refractivity contribution in [3.8, 4) is 0 Å². The number of hydrogen-bond acceptors (Lipinski definition) is 4. The Kier molecular flexibility index (Phi) is 4.83. The number of pyridine rings is 1. The van der Waals surface area contributed by atoms with Gasteiger partial charge >= 0.3 is 0 Å². The molecule has 150 valence electrons. The van der Waals surface area contributed by atoms with Gasteiger partial charge in [-0.25, -0.2) is 9.97 Å². The summed E-state index contributed by atoms with van der Waals surface area (Å²) in [5.41, 5.74) is 2.55. The van der Waals surface area contributed by atoms with Crippen molar-refractivity contribution < 1.29 is 4.79 Å². The van der Waals surface area contributed by atoms with Crippen LogP contribution in [0.5, 0.6) is 0 Å². The lowest BCUT2D eigenvalue weighted by molar-refractivity contribution is -0.123. The summed E-state index contributed by atoms with van der Waals surface area (Å²) in [5, 5.41) is 2.99. The van der Waals surface area contributed by atoms with Gasteiger partial charge < -0.3 is 0 Å². The predicted octanol–water partition coefficient (Wildman–Crippen LogP) is 4.87. The highest BCUT2D eigenvalue weighted by atomic mass is 35.5. The van der Waals surface area contributed by atoms with Crippen LogP contribution in [-0.4, -0.2) is 20.3 Å². The highest BCUT2D eigenvalue weighted by Gasteiger charge is 2.25. The van der Waals surface area contributed by atoms with E-state index >= 15 is 0 Å². The maximum atomic E-state index is 13.4. The first kappa shape index (κ1) is 18.9. The van der Waals surface area contributed by atoms with Gasteiger partial charge in [0, 0.05) is 18.0 Å². The molecule has 0 spiro atoms. The van der Waals surface area contributed by atoms with E-state index in [1.807, 2.05) is 36.4 Å². The maximum absolute atomic E-state index is 13.4. The normalized spacial score (nSPS) is 17.0. The van der Waals surface area contributed by atoms with E-state index in [1.165, 1.54) is 4.57 Å². The van der Waals surface area contributed by atoms with E-state index in [2.05, 4.69) is 9.97 Å². The Hall–Kier alpha value is -3.05. The second kappa shape index (κ2) is 7.65. The Morgan fingerprint density at radius 1 is 1.00 bits per heavy atom. The molecule has 1 atom stereocenters. The summed E-state index contributed by atoms with van der Waals surface area (Å²) in [5.74, 6) is 0.123. The first-order valence-electron chi connectivity index (χ1n) is 10.2. The van der Waals surface area contributed by atoms with Gasteiger partial charge in [-0.15, -0.1) is 0 Å². The van der Waals surface area contributed by atoms with Gasteiger partial charge in [0.15, 0.2) is 5.78 Å². The van der Waals surface area contributed by atoms with E-state index < -0.39 is 6.04 Å². The van der Waals surface area contributed by atoms with Gasteiger partial charge in [-0.3, -0.25) is 14.2 Å². The zero-order valence-electron chi connectivity index (χ0n) is 16.3. The summed E-state index contributed by atoms with van der Waals surface area (Å²) in [7, 11) is 0. The van der Waals surface area contributed by atoms with Crippen LogP contribution in [0.2, 0.25) is 5.15 Å². The molecule has 2 aromatic carbocycles. The van der Waals surface area contributed by atoms with Crippen molar-refractivity contribution in [2.24, 2.45) is 0 Å². The molecule has 1 aliphatic rings. The molecule has 1 saturated carbocycles. The van der Waals surface area contributed by atoms with Gasteiger partial charge in [-0.2, -0.15) is 0 Å². The number of fused-ring (bicyclic) bond motifs is 3. The average molecular weight is 418 g/mol. The summed E-state index contributed by atoms with van der Waals surface area (Å²) < 4.78 is 1.53. The summed E-state index contributed by atoms with van der Waals surface area (Å²) in [4.78, 5) is 34.6. The highest BCUT2D eigenvalue weighted by molar-refractivity contribution is 6.29. The second-order valence-electron chi connectivity index (χ2n) is 7.83. The second-order valence-corrected chi connectivity index (χ2v) is 8.22. The third-order valence-electron chi connectivity index (χ3n) is 5.92. The van der Waals surface area contributed by atoms with Crippen LogP contribution in [0.1, 0.15) is 42.9 Å². The number of carbonyl (C=O) groups excluding carboxylic acids is 1. The molecule has 4 aromatic rings. The topological polar surface area (TPSA) is 64.8 Å². The number of Topliss-reactive ketones (excluding diaryl/α,β-unsaturated/α-hetero) is 1. The van der Waals surface area contributed by atoms with Gasteiger partial charge in [0.05, 0.1) is 23.3 Å². The van der Waals surface area contributed by atoms with Crippen LogP contribution in [0.15, 0.2) is 59.8 Å². The summed E-state index contributed by atoms with van der Waals surface area (Å²) >= 11 is 5.92. The Balaban J connectivity index is 1.71. The minimum Gasteiger partial charge on any atom is -0.297 e. The summed E-state index contributed by atoms with van der Waals surface area (Å²) in [6, 6.07) is 13.2. The third kappa shape index (κ3) is 3.29. The molecule has 2 aromatic heterocycles. The first-order valence-corrected chi connectivity index (χ1v) is 10.5. The van der Waals surface area contributed by atoms with E-state index in [9.17, 15) is 9.59 Å². The molecule has 0 aliphatic heterocycles. The molecular formula is C24H20ClN3O2. The van der Waals surface area contributed by atoms with Crippen molar-refractivity contribution in [1.29, 1.82) is 0 Å². The molecule has 1 aliphatic carbocycles. The fourth-order valence-electron chi connectivity index (χ4n) is 4.41. The number of nitrogens with zero attached hydrogens (tertiary/aromatic N) is 3. The lowest BCUT2D eigenvalue weighted by atomic mass is 9.93. The quantitative estimate of drug-likeness (QED) is 0.352. The standard InChI is InChI=1S/C24H20ClN3O2/c25-22-10-9-15(13-26-22)11-16-12-19-23(18-6-2-1-5-17(16)18)27-14-28(24(19)30)20-7-3-4-8-21(20)29/h1-2,5-6,9-10,12-14,20H,3-4,7-8,11H2/t20-/m0/s1. The molecule has 6 heteroatoms. The van der Waals surface area contributed by atoms with E-state index in [1.54, 1.807) is 18.6 Å². The third-order valence-corrected chi connectivity index (χ3v) is 6.14. The number of hydrogen-bond donors (Lipinski definition) is 0. The first-order chi connectivity index (χ1) is 14.6. The van der Waals surface area contributed by atoms with Crippen LogP contribution in [0.25, 0.3) is 21.7 Å². The molecule has 0 bridgehead atoms. The molecule has 0 N–H and O–H groups in total. The van der Waals surface area contributed by atoms with E-state index in [0.29, 0.717) is 35.3 Å². The van der Waals surface area contributed by atoms with E-state index in [-0.39, 0.29) is 11.3 Å². The molecule has 30 heavy (non-hydrogen) atoms. The van der Waals surface area contributed by atoms with Crippen molar-refractivity contribution in [1.82, 2.24) is 14.5 Å². The van der Waals surface area contributed by atoms with Gasteiger partial charge in [0.25, 0.3) is 5.56 Å². The molecule has 0 radical (unpaired) electrons. The van der Waals surface area contributed by atoms with Crippen molar-refractivity contribution in [2.75, 3.05) is 0 Å². The van der Waals surface area contributed by atoms with Crippen LogP contribution in [0, 0.1) is 0 Å². The molecular weight excluding hydrogens is 398 g/mol. The molecule has 2 heterocycles. The minimum atomic E-state index is -0.404. The molecule has 1 fully saturated rings. The van der Waals surface area contributed by atoms with Gasteiger partial charge in [-0.1, -0.05) is 48.4 Å². The lowest BCUT2D eigenvalue weighted by Crippen LogP contribution is -2.32. The van der Waals surface area contributed by atoms with Crippen molar-refractivity contribution in [2.45, 2.75) is 38.1 Å². The maximum Gasteiger partial charge on any atom is 0.261 e. The number of aromatic nitrogens is 3. The summed E-state index contributed by atoms with van der Waals surface area (Å²) in [6.07, 6.45) is 7.00. The van der Waals surface area contributed by atoms with E-state index in [0.717, 1.165) is 34.7 Å². The molecule has 5 nitrogen and oxygen atoms in total. The number of carbonyl (C=O) groups is 1.